The summed E-state index contributed by atoms with van der Waals surface area (Å²) in [6, 6.07) is 6.05. The number of aromatic amines is 1. The number of hydrogen-bond donors (Lipinski definition) is 6. The second-order valence-electron chi connectivity index (χ2n) is 8.99. The fraction of sp³-hybridized carbons (Fsp3) is 0.550. The highest BCUT2D eigenvalue weighted by Gasteiger charge is 2.47. The van der Waals surface area contributed by atoms with Gasteiger partial charge in [0.2, 0.25) is 0 Å². The number of nitrogens with zero attached hydrogens (tertiary/aromatic N) is 2. The van der Waals surface area contributed by atoms with Crippen molar-refractivity contribution < 1.29 is 67.3 Å². The van der Waals surface area contributed by atoms with Crippen LogP contribution < -0.4 is 21.0 Å². The molecule has 11 unspecified atom stereocenters. The molecule has 43 heavy (non-hydrogen) atoms. The predicted molar refractivity (Wildman–Crippen MR) is 140 cm³/mol. The molecular weight excluding hydrogens is 664 g/mol. The van der Waals surface area contributed by atoms with Crippen molar-refractivity contribution in [1.29, 1.82) is 0 Å². The van der Waals surface area contributed by atoms with Gasteiger partial charge in [0.15, 0.2) is 12.5 Å². The summed E-state index contributed by atoms with van der Waals surface area (Å²) in [4.78, 5) is 53.8. The van der Waals surface area contributed by atoms with Gasteiger partial charge in [0.05, 0.1) is 12.7 Å². The van der Waals surface area contributed by atoms with Crippen LogP contribution >= 0.6 is 37.2 Å². The predicted octanol–water partition coefficient (Wildman–Crippen LogP) is -3.21. The fourth-order valence-corrected chi connectivity index (χ4v) is 8.06. The second-order valence-corrected chi connectivity index (χ2v) is 14.3. The second kappa shape index (κ2) is 14.3. The molecule has 4 heterocycles. The van der Waals surface area contributed by atoms with Crippen LogP contribution in [0.4, 0.5) is 0 Å². The highest BCUT2D eigenvalue weighted by molar-refractivity contribution is 8.76. The first-order valence-corrected chi connectivity index (χ1v) is 17.3. The van der Waals surface area contributed by atoms with Crippen molar-refractivity contribution in [2.24, 2.45) is 0 Å². The Hall–Kier alpha value is -1.49. The van der Waals surface area contributed by atoms with Crippen LogP contribution in [-0.4, -0.2) is 101 Å². The molecule has 23 heteroatoms. The van der Waals surface area contributed by atoms with Crippen molar-refractivity contribution in [3.63, 3.8) is 0 Å². The molecule has 0 amide bonds. The zero-order valence-corrected chi connectivity index (χ0v) is 24.8. The number of pyridine rings is 1. The summed E-state index contributed by atoms with van der Waals surface area (Å²) < 4.78 is 48.8. The molecule has 2 aromatic rings. The van der Waals surface area contributed by atoms with Gasteiger partial charge in [-0.1, -0.05) is 16.9 Å². The van der Waals surface area contributed by atoms with Gasteiger partial charge in [0.25, 0.3) is 21.2 Å². The molecule has 0 aromatic carbocycles. The molecule has 0 aliphatic carbocycles. The molecule has 6 N–H and O–H groups in total. The lowest BCUT2D eigenvalue weighted by molar-refractivity contribution is -0.298. The maximum Gasteiger partial charge on any atom is 0.330 e. The summed E-state index contributed by atoms with van der Waals surface area (Å²) in [5.74, 6) is -0.0546. The number of aromatic nitrogens is 3. The number of phosphoric ester groups is 2. The number of phosphoric acid groups is 2. The Balaban J connectivity index is 1.32. The summed E-state index contributed by atoms with van der Waals surface area (Å²) in [5.41, 5.74) is -1.76. The van der Waals surface area contributed by atoms with Crippen LogP contribution in [0.2, 0.25) is 0 Å². The molecule has 2 aromatic heterocycles. The van der Waals surface area contributed by atoms with E-state index in [-0.39, 0.29) is 5.75 Å². The molecule has 2 saturated heterocycles. The molecule has 2 aliphatic rings. The average Bonchev–Trinajstić information content (AvgIpc) is 3.21. The maximum atomic E-state index is 12.4. The van der Waals surface area contributed by atoms with Crippen LogP contribution in [0.15, 0.2) is 51.3 Å². The van der Waals surface area contributed by atoms with Crippen molar-refractivity contribution in [3.8, 4) is 0 Å². The van der Waals surface area contributed by atoms with Gasteiger partial charge in [-0.15, -0.1) is 0 Å². The zero-order chi connectivity index (χ0) is 31.5. The first-order chi connectivity index (χ1) is 20.2. The molecule has 11 atom stereocenters. The molecule has 19 nitrogen and oxygen atoms in total. The van der Waals surface area contributed by atoms with Gasteiger partial charge in [-0.05, 0) is 22.9 Å². The largest absolute Gasteiger partial charge is 0.756 e. The molecule has 240 valence electrons. The Bertz CT molecular complexity index is 1450. The lowest BCUT2D eigenvalue weighted by Crippen LogP contribution is -2.58. The number of hydrogen-bond acceptors (Lipinski definition) is 19. The van der Waals surface area contributed by atoms with E-state index in [0.717, 1.165) is 23.1 Å². The van der Waals surface area contributed by atoms with Crippen LogP contribution in [-0.2, 0) is 32.0 Å². The fourth-order valence-electron chi connectivity index (χ4n) is 3.88. The van der Waals surface area contributed by atoms with Crippen molar-refractivity contribution in [2.45, 2.75) is 60.3 Å². The van der Waals surface area contributed by atoms with E-state index in [4.69, 9.17) is 9.47 Å². The topological polar surface area (TPSA) is 295 Å². The van der Waals surface area contributed by atoms with Crippen LogP contribution in [0.1, 0.15) is 6.23 Å². The highest BCUT2D eigenvalue weighted by atomic mass is 33.1. The summed E-state index contributed by atoms with van der Waals surface area (Å²) in [6.07, 6.45) is -13.6. The van der Waals surface area contributed by atoms with E-state index < -0.39 is 88.7 Å². The Morgan fingerprint density at radius 1 is 0.953 bits per heavy atom. The Kier molecular flexibility index (Phi) is 11.4. The number of aliphatic hydroxyl groups is 5. The normalized spacial score (nSPS) is 34.0. The monoisotopic (exact) mass is 689 g/mol. The van der Waals surface area contributed by atoms with E-state index >= 15 is 0 Å². The minimum absolute atomic E-state index is 0.0546. The van der Waals surface area contributed by atoms with Crippen LogP contribution in [0.3, 0.4) is 0 Å². The summed E-state index contributed by atoms with van der Waals surface area (Å²) in [5, 5.41) is 51.6. The van der Waals surface area contributed by atoms with Crippen LogP contribution in [0, 0.1) is 0 Å². The average molecular weight is 690 g/mol. The molecule has 0 bridgehead atoms. The number of H-pyrrole nitrogens is 1. The van der Waals surface area contributed by atoms with E-state index in [1.54, 1.807) is 24.4 Å². The lowest BCUT2D eigenvalue weighted by Gasteiger charge is -2.42. The van der Waals surface area contributed by atoms with E-state index in [9.17, 15) is 54.0 Å². The third-order valence-corrected chi connectivity index (χ3v) is 10.8. The van der Waals surface area contributed by atoms with E-state index in [1.807, 2.05) is 4.98 Å². The third-order valence-electron chi connectivity index (χ3n) is 5.98. The number of nitrogens with one attached hydrogen (secondary N) is 1. The summed E-state index contributed by atoms with van der Waals surface area (Å²) >= 11 is 0. The van der Waals surface area contributed by atoms with Gasteiger partial charge in [0.1, 0.15) is 41.6 Å². The Morgan fingerprint density at radius 3 is 2.35 bits per heavy atom. The Morgan fingerprint density at radius 2 is 1.67 bits per heavy atom. The van der Waals surface area contributed by atoms with Gasteiger partial charge in [-0.25, -0.2) is 14.1 Å². The molecule has 0 radical (unpaired) electrons. The van der Waals surface area contributed by atoms with Crippen molar-refractivity contribution >= 4 is 37.2 Å². The first kappa shape index (κ1) is 34.4. The van der Waals surface area contributed by atoms with E-state index in [2.05, 4.69) is 18.3 Å². The molecule has 2 aliphatic heterocycles. The zero-order valence-electron chi connectivity index (χ0n) is 21.4. The highest BCUT2D eigenvalue weighted by Crippen LogP contribution is 2.57. The smallest absolute Gasteiger partial charge is 0.330 e. The van der Waals surface area contributed by atoms with Crippen LogP contribution in [0.25, 0.3) is 0 Å². The third kappa shape index (κ3) is 8.82. The van der Waals surface area contributed by atoms with Crippen molar-refractivity contribution in [3.05, 3.63) is 57.5 Å². The first-order valence-electron chi connectivity index (χ1n) is 12.1. The maximum absolute atomic E-state index is 12.4. The number of ether oxygens (including phenoxy) is 2. The van der Waals surface area contributed by atoms with E-state index in [1.165, 1.54) is 10.8 Å². The molecule has 4 rings (SSSR count). The molecule has 2 fully saturated rings. The lowest BCUT2D eigenvalue weighted by atomic mass is 10.0. The number of rotatable bonds is 12. The van der Waals surface area contributed by atoms with Crippen molar-refractivity contribution in [1.82, 2.24) is 14.5 Å². The minimum atomic E-state index is -5.91. The number of aliphatic hydroxyl groups excluding tert-OH is 5. The van der Waals surface area contributed by atoms with Gasteiger partial charge in [-0.3, -0.25) is 28.0 Å². The quantitative estimate of drug-likeness (QED) is 0.0943. The summed E-state index contributed by atoms with van der Waals surface area (Å²) in [7, 11) is -9.43. The standard InChI is InChI=1S/C20H27N3O16P2S2/c24-11-4-6-23(20(30)22-11)18-16(28)13(25)9(36-18)7-35-40(31,32)39-41(33,34)38-19-17(29)15(27)14(26)10(37-19)8-42-43-12-3-1-2-5-21-12/h1-6,9-10,13-19,25-29H,7-8H2,(H,31,32)(H,33,34)(H,22,24,30)/p-2. The van der Waals surface area contributed by atoms with Gasteiger partial charge in [-0.2, -0.15) is 0 Å². The molecule has 0 spiro atoms. The van der Waals surface area contributed by atoms with Gasteiger partial charge >= 0.3 is 5.69 Å². The van der Waals surface area contributed by atoms with E-state index in [0.29, 0.717) is 9.59 Å². The minimum Gasteiger partial charge on any atom is -0.756 e. The molecular formula is C20H25N3O16P2S2-2. The molecule has 0 saturated carbocycles. The van der Waals surface area contributed by atoms with Crippen molar-refractivity contribution in [2.75, 3.05) is 12.4 Å². The van der Waals surface area contributed by atoms with Gasteiger partial charge < -0.3 is 49.3 Å². The van der Waals surface area contributed by atoms with Gasteiger partial charge in [0, 0.05) is 24.2 Å². The Labute approximate surface area is 249 Å². The summed E-state index contributed by atoms with van der Waals surface area (Å²) in [6.45, 7) is -1.10. The SMILES string of the molecule is O=c1ccn(C2OC(COP(=O)([O-])OP(=O)([O-])OC3OC(CSSc4ccccn4)C(O)C(O)C3O)C(O)C2O)c(=O)[nH]1. The van der Waals surface area contributed by atoms with Crippen LogP contribution in [0.5, 0.6) is 0 Å².